The van der Waals surface area contributed by atoms with Gasteiger partial charge in [0, 0.05) is 41.8 Å². The number of carbonyl (C=O) groups is 1. The van der Waals surface area contributed by atoms with Gasteiger partial charge in [-0.25, -0.2) is 8.42 Å². The number of hydrogen-bond donors (Lipinski definition) is 1. The lowest BCUT2D eigenvalue weighted by molar-refractivity contribution is 0.0606. The molecular formula is C24H26ClN3O4S. The normalized spacial score (nSPS) is 16.7. The van der Waals surface area contributed by atoms with E-state index in [9.17, 15) is 18.0 Å². The van der Waals surface area contributed by atoms with Crippen molar-refractivity contribution in [2.45, 2.75) is 43.5 Å². The molecule has 0 saturated carbocycles. The number of likely N-dealkylation sites (tertiary alicyclic amines) is 1. The Morgan fingerprint density at radius 2 is 1.91 bits per heavy atom. The van der Waals surface area contributed by atoms with Crippen LogP contribution in [0.3, 0.4) is 0 Å². The summed E-state index contributed by atoms with van der Waals surface area (Å²) in [6.07, 6.45) is 5.16. The number of nitrogens with zero attached hydrogens (tertiary/aromatic N) is 2. The molecule has 1 aliphatic rings. The number of pyridine rings is 1. The van der Waals surface area contributed by atoms with Crippen molar-refractivity contribution in [3.63, 3.8) is 0 Å². The fourth-order valence-electron chi connectivity index (χ4n) is 4.31. The largest absolute Gasteiger partial charge is 0.360 e. The number of sulfonamides is 1. The standard InChI is InChI=1S/C24H26ClN3O4S/c1-3-17-6-4-5-13-28(17)24(30)21-15-26-22-12-11-19(14-20(22)23(21)29)33(31,32)27(2)18-9-7-16(25)8-10-18/h7-12,14-15,17H,3-6,13H2,1-2H3,(H,26,29)/t17-/m1/s1. The zero-order valence-corrected chi connectivity index (χ0v) is 20.1. The van der Waals surface area contributed by atoms with E-state index in [4.69, 9.17) is 11.6 Å². The van der Waals surface area contributed by atoms with Crippen molar-refractivity contribution in [2.75, 3.05) is 17.9 Å². The number of benzene rings is 2. The van der Waals surface area contributed by atoms with Crippen LogP contribution in [0.25, 0.3) is 10.9 Å². The monoisotopic (exact) mass is 487 g/mol. The summed E-state index contributed by atoms with van der Waals surface area (Å²) in [6.45, 7) is 2.66. The molecule has 0 unspecified atom stereocenters. The van der Waals surface area contributed by atoms with E-state index in [0.717, 1.165) is 30.0 Å². The van der Waals surface area contributed by atoms with Crippen molar-refractivity contribution < 1.29 is 13.2 Å². The predicted molar refractivity (Wildman–Crippen MR) is 131 cm³/mol. The van der Waals surface area contributed by atoms with Crippen LogP contribution in [0, 0.1) is 0 Å². The Morgan fingerprint density at radius 1 is 1.18 bits per heavy atom. The van der Waals surface area contributed by atoms with E-state index >= 15 is 0 Å². The van der Waals surface area contributed by atoms with E-state index in [1.165, 1.54) is 25.4 Å². The van der Waals surface area contributed by atoms with Gasteiger partial charge in [0.25, 0.3) is 15.9 Å². The summed E-state index contributed by atoms with van der Waals surface area (Å²) in [6, 6.07) is 10.9. The number of anilines is 1. The lowest BCUT2D eigenvalue weighted by Gasteiger charge is -2.35. The number of aromatic amines is 1. The summed E-state index contributed by atoms with van der Waals surface area (Å²) in [5.74, 6) is -0.309. The van der Waals surface area contributed by atoms with Gasteiger partial charge in [0.05, 0.1) is 10.6 Å². The first kappa shape index (κ1) is 23.3. The Balaban J connectivity index is 1.74. The lowest BCUT2D eigenvalue weighted by atomic mass is 9.99. The zero-order chi connectivity index (χ0) is 23.8. The summed E-state index contributed by atoms with van der Waals surface area (Å²) in [4.78, 5) is 31.2. The molecule has 0 aliphatic carbocycles. The van der Waals surface area contributed by atoms with Crippen LogP contribution in [0.15, 0.2) is 58.4 Å². The summed E-state index contributed by atoms with van der Waals surface area (Å²) in [7, 11) is -2.50. The molecule has 2 heterocycles. The topological polar surface area (TPSA) is 90.6 Å². The smallest absolute Gasteiger partial charge is 0.264 e. The number of rotatable bonds is 5. The Hall–Kier alpha value is -2.84. The third kappa shape index (κ3) is 4.37. The first-order chi connectivity index (χ1) is 15.7. The molecule has 0 spiro atoms. The molecule has 1 amide bonds. The molecule has 174 valence electrons. The highest BCUT2D eigenvalue weighted by molar-refractivity contribution is 7.92. The summed E-state index contributed by atoms with van der Waals surface area (Å²) in [5, 5.41) is 0.662. The second-order valence-electron chi connectivity index (χ2n) is 8.24. The number of halogens is 1. The first-order valence-corrected chi connectivity index (χ1v) is 12.8. The van der Waals surface area contributed by atoms with Crippen LogP contribution >= 0.6 is 11.6 Å². The molecule has 0 radical (unpaired) electrons. The van der Waals surface area contributed by atoms with E-state index < -0.39 is 15.5 Å². The number of hydrogen-bond acceptors (Lipinski definition) is 4. The fourth-order valence-corrected chi connectivity index (χ4v) is 5.66. The molecule has 1 saturated heterocycles. The first-order valence-electron chi connectivity index (χ1n) is 10.9. The molecule has 1 fully saturated rings. The van der Waals surface area contributed by atoms with Crippen LogP contribution in [-0.4, -0.2) is 43.8 Å². The van der Waals surface area contributed by atoms with E-state index in [1.807, 2.05) is 6.92 Å². The van der Waals surface area contributed by atoms with Crippen LogP contribution in [-0.2, 0) is 10.0 Å². The van der Waals surface area contributed by atoms with Crippen LogP contribution in [0.4, 0.5) is 5.69 Å². The van der Waals surface area contributed by atoms with E-state index in [-0.39, 0.29) is 27.8 Å². The average Bonchev–Trinajstić information content (AvgIpc) is 2.83. The van der Waals surface area contributed by atoms with Crippen LogP contribution < -0.4 is 9.73 Å². The van der Waals surface area contributed by atoms with Gasteiger partial charge in [-0.15, -0.1) is 0 Å². The summed E-state index contributed by atoms with van der Waals surface area (Å²) in [5.41, 5.74) is 0.465. The number of H-pyrrole nitrogens is 1. The van der Waals surface area contributed by atoms with Gasteiger partial charge in [-0.3, -0.25) is 13.9 Å². The van der Waals surface area contributed by atoms with Gasteiger partial charge in [0.15, 0.2) is 0 Å². The van der Waals surface area contributed by atoms with Gasteiger partial charge < -0.3 is 9.88 Å². The molecule has 0 bridgehead atoms. The summed E-state index contributed by atoms with van der Waals surface area (Å²) >= 11 is 5.91. The maximum absolute atomic E-state index is 13.3. The molecule has 9 heteroatoms. The van der Waals surface area contributed by atoms with E-state index in [0.29, 0.717) is 22.8 Å². The van der Waals surface area contributed by atoms with Crippen molar-refractivity contribution in [3.05, 3.63) is 69.5 Å². The zero-order valence-electron chi connectivity index (χ0n) is 18.5. The average molecular weight is 488 g/mol. The molecule has 1 N–H and O–H groups in total. The minimum atomic E-state index is -3.94. The number of aromatic nitrogens is 1. The van der Waals surface area contributed by atoms with Gasteiger partial charge in [0.1, 0.15) is 5.56 Å². The van der Waals surface area contributed by atoms with Crippen LogP contribution in [0.2, 0.25) is 5.02 Å². The van der Waals surface area contributed by atoms with E-state index in [1.54, 1.807) is 35.2 Å². The van der Waals surface area contributed by atoms with Crippen molar-refractivity contribution in [3.8, 4) is 0 Å². The quantitative estimate of drug-likeness (QED) is 0.577. The number of carbonyl (C=O) groups excluding carboxylic acids is 1. The minimum absolute atomic E-state index is 0.0310. The molecule has 3 aromatic rings. The Kier molecular flexibility index (Phi) is 6.50. The second-order valence-corrected chi connectivity index (χ2v) is 10.6. The fraction of sp³-hybridized carbons (Fsp3) is 0.333. The third-order valence-electron chi connectivity index (χ3n) is 6.29. The maximum atomic E-state index is 13.3. The highest BCUT2D eigenvalue weighted by Gasteiger charge is 2.28. The molecule has 33 heavy (non-hydrogen) atoms. The molecule has 1 aliphatic heterocycles. The van der Waals surface area contributed by atoms with Gasteiger partial charge >= 0.3 is 0 Å². The van der Waals surface area contributed by atoms with Gasteiger partial charge in [-0.2, -0.15) is 0 Å². The van der Waals surface area contributed by atoms with Gasteiger partial charge in [-0.1, -0.05) is 18.5 Å². The van der Waals surface area contributed by atoms with Gasteiger partial charge in [-0.05, 0) is 68.1 Å². The number of fused-ring (bicyclic) bond motifs is 1. The Bertz CT molecular complexity index is 1350. The van der Waals surface area contributed by atoms with E-state index in [2.05, 4.69) is 4.98 Å². The van der Waals surface area contributed by atoms with Gasteiger partial charge in [0.2, 0.25) is 5.43 Å². The highest BCUT2D eigenvalue weighted by atomic mass is 35.5. The third-order valence-corrected chi connectivity index (χ3v) is 8.32. The molecule has 2 aromatic carbocycles. The van der Waals surface area contributed by atoms with Crippen molar-refractivity contribution in [2.24, 2.45) is 0 Å². The Morgan fingerprint density at radius 3 is 2.61 bits per heavy atom. The molecular weight excluding hydrogens is 462 g/mol. The Labute approximate surface area is 198 Å². The predicted octanol–water partition coefficient (Wildman–Crippen LogP) is 4.41. The number of amides is 1. The van der Waals surface area contributed by atoms with Crippen molar-refractivity contribution >= 4 is 44.1 Å². The SMILES string of the molecule is CC[C@@H]1CCCCN1C(=O)c1c[nH]c2ccc(S(=O)(=O)N(C)c3ccc(Cl)cc3)cc2c1=O. The molecule has 1 atom stereocenters. The van der Waals surface area contributed by atoms with Crippen molar-refractivity contribution in [1.82, 2.24) is 9.88 Å². The highest BCUT2D eigenvalue weighted by Crippen LogP contribution is 2.26. The number of piperidine rings is 1. The molecule has 4 rings (SSSR count). The summed E-state index contributed by atoms with van der Waals surface area (Å²) < 4.78 is 27.6. The molecule has 7 nitrogen and oxygen atoms in total. The van der Waals surface area contributed by atoms with Crippen LogP contribution in [0.5, 0.6) is 0 Å². The second kappa shape index (κ2) is 9.19. The minimum Gasteiger partial charge on any atom is -0.360 e. The lowest BCUT2D eigenvalue weighted by Crippen LogP contribution is -2.44. The maximum Gasteiger partial charge on any atom is 0.264 e. The molecule has 1 aromatic heterocycles. The van der Waals surface area contributed by atoms with Crippen molar-refractivity contribution in [1.29, 1.82) is 0 Å². The number of nitrogens with one attached hydrogen (secondary N) is 1. The van der Waals surface area contributed by atoms with Crippen LogP contribution in [0.1, 0.15) is 43.0 Å².